The van der Waals surface area contributed by atoms with Gasteiger partial charge in [-0.25, -0.2) is 0 Å². The van der Waals surface area contributed by atoms with Gasteiger partial charge in [-0.15, -0.1) is 10.2 Å². The number of nitrogens with two attached hydrogens (primary N) is 1. The molecular formula is C13H25N5. The van der Waals surface area contributed by atoms with Crippen LogP contribution in [-0.4, -0.2) is 38.3 Å². The van der Waals surface area contributed by atoms with Gasteiger partial charge in [0.15, 0.2) is 0 Å². The number of unbranched alkanes of at least 4 members (excludes halogenated alkanes) is 1. The van der Waals surface area contributed by atoms with Crippen LogP contribution in [-0.2, 0) is 13.1 Å². The van der Waals surface area contributed by atoms with Crippen LogP contribution in [0.25, 0.3) is 0 Å². The molecule has 102 valence electrons. The maximum Gasteiger partial charge on any atom is 0.147 e. The summed E-state index contributed by atoms with van der Waals surface area (Å²) in [6, 6.07) is 0. The van der Waals surface area contributed by atoms with Crippen molar-refractivity contribution < 1.29 is 0 Å². The van der Waals surface area contributed by atoms with Gasteiger partial charge in [-0.1, -0.05) is 26.7 Å². The summed E-state index contributed by atoms with van der Waals surface area (Å²) in [5, 5.41) is 8.19. The van der Waals surface area contributed by atoms with E-state index in [4.69, 9.17) is 5.73 Å². The Labute approximate surface area is 109 Å². The van der Waals surface area contributed by atoms with Gasteiger partial charge in [0, 0.05) is 25.2 Å². The molecule has 5 nitrogen and oxygen atoms in total. The molecule has 1 aromatic heterocycles. The fraction of sp³-hybridized carbons (Fsp3) is 0.846. The van der Waals surface area contributed by atoms with E-state index in [9.17, 15) is 0 Å². The third-order valence-corrected chi connectivity index (χ3v) is 4.34. The van der Waals surface area contributed by atoms with Gasteiger partial charge in [-0.3, -0.25) is 4.90 Å². The van der Waals surface area contributed by atoms with E-state index in [-0.39, 0.29) is 5.54 Å². The van der Waals surface area contributed by atoms with Crippen LogP contribution in [0.4, 0.5) is 0 Å². The second-order valence-electron chi connectivity index (χ2n) is 5.25. The molecule has 0 radical (unpaired) electrons. The van der Waals surface area contributed by atoms with E-state index in [2.05, 4.69) is 33.5 Å². The lowest BCUT2D eigenvalue weighted by Gasteiger charge is -2.44. The molecule has 2 rings (SSSR count). The zero-order valence-electron chi connectivity index (χ0n) is 11.6. The molecule has 1 aromatic rings. The van der Waals surface area contributed by atoms with Crippen LogP contribution in [0.2, 0.25) is 0 Å². The first-order chi connectivity index (χ1) is 8.75. The smallest absolute Gasteiger partial charge is 0.147 e. The first kappa shape index (κ1) is 13.5. The molecule has 0 aromatic carbocycles. The summed E-state index contributed by atoms with van der Waals surface area (Å²) >= 11 is 0. The summed E-state index contributed by atoms with van der Waals surface area (Å²) in [6.07, 6.45) is 6.59. The topological polar surface area (TPSA) is 60.0 Å². The molecule has 5 heteroatoms. The van der Waals surface area contributed by atoms with Crippen LogP contribution in [0.1, 0.15) is 45.4 Å². The van der Waals surface area contributed by atoms with Crippen LogP contribution < -0.4 is 5.73 Å². The Balaban J connectivity index is 2.12. The lowest BCUT2D eigenvalue weighted by Crippen LogP contribution is -2.55. The number of hydrogen-bond donors (Lipinski definition) is 1. The highest BCUT2D eigenvalue weighted by atomic mass is 15.3. The van der Waals surface area contributed by atoms with Crippen LogP contribution in [0.3, 0.4) is 0 Å². The van der Waals surface area contributed by atoms with Crippen molar-refractivity contribution >= 4 is 0 Å². The number of aromatic nitrogens is 3. The van der Waals surface area contributed by atoms with Gasteiger partial charge >= 0.3 is 0 Å². The van der Waals surface area contributed by atoms with Crippen LogP contribution in [0, 0.1) is 0 Å². The highest BCUT2D eigenvalue weighted by Gasteiger charge is 2.35. The average Bonchev–Trinajstić information content (AvgIpc) is 2.88. The largest absolute Gasteiger partial charge is 0.329 e. The minimum absolute atomic E-state index is 0.146. The molecule has 0 fully saturated rings. The van der Waals surface area contributed by atoms with Crippen molar-refractivity contribution in [2.24, 2.45) is 5.73 Å². The Kier molecular flexibility index (Phi) is 4.35. The van der Waals surface area contributed by atoms with Crippen molar-refractivity contribution in [3.05, 3.63) is 12.2 Å². The highest BCUT2D eigenvalue weighted by Crippen LogP contribution is 2.28. The molecule has 0 saturated heterocycles. The molecule has 0 spiro atoms. The van der Waals surface area contributed by atoms with Crippen molar-refractivity contribution in [1.82, 2.24) is 19.7 Å². The van der Waals surface area contributed by atoms with E-state index in [0.717, 1.165) is 38.4 Å². The van der Waals surface area contributed by atoms with E-state index < -0.39 is 0 Å². The van der Waals surface area contributed by atoms with Gasteiger partial charge in [0.05, 0.1) is 6.54 Å². The molecule has 0 saturated carbocycles. The number of hydrogen-bond acceptors (Lipinski definition) is 4. The summed E-state index contributed by atoms with van der Waals surface area (Å²) < 4.78 is 2.15. The lowest BCUT2D eigenvalue weighted by molar-refractivity contribution is 0.0500. The predicted octanol–water partition coefficient (Wildman–Crippen LogP) is 1.39. The first-order valence-corrected chi connectivity index (χ1v) is 7.07. The molecule has 1 unspecified atom stereocenters. The number of fused-ring (bicyclic) bond motifs is 1. The normalized spacial score (nSPS) is 19.5. The van der Waals surface area contributed by atoms with Gasteiger partial charge in [0.25, 0.3) is 0 Å². The van der Waals surface area contributed by atoms with E-state index >= 15 is 0 Å². The second kappa shape index (κ2) is 5.80. The number of nitrogens with zero attached hydrogens (tertiary/aromatic N) is 4. The van der Waals surface area contributed by atoms with E-state index in [1.165, 1.54) is 19.3 Å². The molecule has 0 bridgehead atoms. The summed E-state index contributed by atoms with van der Waals surface area (Å²) in [4.78, 5) is 2.52. The van der Waals surface area contributed by atoms with Gasteiger partial charge in [-0.05, 0) is 12.8 Å². The van der Waals surface area contributed by atoms with Crippen LogP contribution in [0.5, 0.6) is 0 Å². The second-order valence-corrected chi connectivity index (χ2v) is 5.25. The van der Waals surface area contributed by atoms with Gasteiger partial charge < -0.3 is 10.3 Å². The van der Waals surface area contributed by atoms with Crippen LogP contribution in [0.15, 0.2) is 6.33 Å². The summed E-state index contributed by atoms with van der Waals surface area (Å²) in [6.45, 7) is 8.15. The SMILES string of the molecule is CCCCC(CC)(CN)N1CCn2cnnc2C1. The van der Waals surface area contributed by atoms with Crippen LogP contribution >= 0.6 is 0 Å². The van der Waals surface area contributed by atoms with Gasteiger partial charge in [0.1, 0.15) is 12.2 Å². The van der Waals surface area contributed by atoms with Crippen molar-refractivity contribution in [2.75, 3.05) is 13.1 Å². The average molecular weight is 251 g/mol. The summed E-state index contributed by atoms with van der Waals surface area (Å²) in [5.74, 6) is 1.07. The van der Waals surface area contributed by atoms with Crippen molar-refractivity contribution in [2.45, 2.75) is 58.2 Å². The third kappa shape index (κ3) is 2.42. The fourth-order valence-electron chi connectivity index (χ4n) is 2.91. The Morgan fingerprint density at radius 2 is 2.22 bits per heavy atom. The highest BCUT2D eigenvalue weighted by molar-refractivity contribution is 4.98. The Morgan fingerprint density at radius 1 is 1.39 bits per heavy atom. The maximum absolute atomic E-state index is 6.10. The Hall–Kier alpha value is -0.940. The fourth-order valence-corrected chi connectivity index (χ4v) is 2.91. The molecular weight excluding hydrogens is 226 g/mol. The minimum Gasteiger partial charge on any atom is -0.329 e. The lowest BCUT2D eigenvalue weighted by atomic mass is 9.87. The van der Waals surface area contributed by atoms with E-state index in [1.807, 2.05) is 6.33 Å². The van der Waals surface area contributed by atoms with Crippen molar-refractivity contribution in [3.63, 3.8) is 0 Å². The molecule has 1 aliphatic rings. The summed E-state index contributed by atoms with van der Waals surface area (Å²) in [5.41, 5.74) is 6.25. The minimum atomic E-state index is 0.146. The quantitative estimate of drug-likeness (QED) is 0.830. The Morgan fingerprint density at radius 3 is 2.89 bits per heavy atom. The molecule has 2 heterocycles. The summed E-state index contributed by atoms with van der Waals surface area (Å²) in [7, 11) is 0. The zero-order valence-corrected chi connectivity index (χ0v) is 11.6. The van der Waals surface area contributed by atoms with E-state index in [0.29, 0.717) is 0 Å². The molecule has 18 heavy (non-hydrogen) atoms. The Bertz CT molecular complexity index is 369. The van der Waals surface area contributed by atoms with Gasteiger partial charge in [-0.2, -0.15) is 0 Å². The molecule has 2 N–H and O–H groups in total. The molecule has 0 aliphatic carbocycles. The molecule has 0 amide bonds. The third-order valence-electron chi connectivity index (χ3n) is 4.34. The maximum atomic E-state index is 6.10. The number of rotatable bonds is 6. The zero-order chi connectivity index (χ0) is 13.0. The van der Waals surface area contributed by atoms with Gasteiger partial charge in [0.2, 0.25) is 0 Å². The monoisotopic (exact) mass is 251 g/mol. The predicted molar refractivity (Wildman–Crippen MR) is 72.0 cm³/mol. The van der Waals surface area contributed by atoms with E-state index in [1.54, 1.807) is 0 Å². The van der Waals surface area contributed by atoms with Crippen molar-refractivity contribution in [1.29, 1.82) is 0 Å². The standard InChI is InChI=1S/C13H25N5/c1-3-5-6-13(4-2,10-14)18-8-7-17-11-15-16-12(17)9-18/h11H,3-10,14H2,1-2H3. The first-order valence-electron chi connectivity index (χ1n) is 7.07. The molecule has 1 atom stereocenters. The van der Waals surface area contributed by atoms with Crippen molar-refractivity contribution in [3.8, 4) is 0 Å². The molecule has 1 aliphatic heterocycles.